The van der Waals surface area contributed by atoms with E-state index in [4.69, 9.17) is 0 Å². The Kier molecular flexibility index (Phi) is 3.72. The van der Waals surface area contributed by atoms with Gasteiger partial charge in [0.1, 0.15) is 5.82 Å². The molecule has 0 fully saturated rings. The summed E-state index contributed by atoms with van der Waals surface area (Å²) in [6, 6.07) is 5.79. The molecule has 1 aromatic heterocycles. The van der Waals surface area contributed by atoms with Crippen LogP contribution in [0.5, 0.6) is 0 Å². The zero-order valence-electron chi connectivity index (χ0n) is 9.58. The number of carbonyl (C=O) groups is 1. The van der Waals surface area contributed by atoms with Gasteiger partial charge in [-0.1, -0.05) is 6.07 Å². The third-order valence-electron chi connectivity index (χ3n) is 2.46. The molecule has 92 valence electrons. The SMILES string of the molecule is Cc1ccc(F)cc1C(=O)Nc1ccncc1Br. The van der Waals surface area contributed by atoms with E-state index < -0.39 is 5.82 Å². The van der Waals surface area contributed by atoms with Crippen LogP contribution in [0.25, 0.3) is 0 Å². The maximum Gasteiger partial charge on any atom is 0.256 e. The number of aryl methyl sites for hydroxylation is 1. The average Bonchev–Trinajstić information content (AvgIpc) is 2.35. The fraction of sp³-hybridized carbons (Fsp3) is 0.0769. The molecule has 0 spiro atoms. The van der Waals surface area contributed by atoms with Gasteiger partial charge in [-0.2, -0.15) is 0 Å². The number of nitrogens with one attached hydrogen (secondary N) is 1. The smallest absolute Gasteiger partial charge is 0.256 e. The molecule has 0 saturated carbocycles. The summed E-state index contributed by atoms with van der Waals surface area (Å²) in [7, 11) is 0. The Labute approximate surface area is 112 Å². The monoisotopic (exact) mass is 308 g/mol. The normalized spacial score (nSPS) is 10.2. The number of hydrogen-bond donors (Lipinski definition) is 1. The Hall–Kier alpha value is -1.75. The Bertz CT molecular complexity index is 601. The second kappa shape index (κ2) is 5.27. The minimum atomic E-state index is -0.431. The fourth-order valence-electron chi connectivity index (χ4n) is 1.51. The zero-order chi connectivity index (χ0) is 13.1. The molecule has 2 rings (SSSR count). The lowest BCUT2D eigenvalue weighted by Crippen LogP contribution is -2.14. The Morgan fingerprint density at radius 3 is 2.89 bits per heavy atom. The first-order valence-corrected chi connectivity index (χ1v) is 6.04. The number of benzene rings is 1. The highest BCUT2D eigenvalue weighted by molar-refractivity contribution is 9.10. The second-order valence-corrected chi connectivity index (χ2v) is 4.62. The van der Waals surface area contributed by atoms with E-state index in [1.54, 1.807) is 31.5 Å². The molecule has 18 heavy (non-hydrogen) atoms. The van der Waals surface area contributed by atoms with E-state index in [2.05, 4.69) is 26.2 Å². The van der Waals surface area contributed by atoms with Gasteiger partial charge in [-0.3, -0.25) is 9.78 Å². The van der Waals surface area contributed by atoms with Crippen molar-refractivity contribution in [1.29, 1.82) is 0 Å². The van der Waals surface area contributed by atoms with E-state index in [9.17, 15) is 9.18 Å². The quantitative estimate of drug-likeness (QED) is 0.922. The van der Waals surface area contributed by atoms with Gasteiger partial charge in [-0.05, 0) is 46.6 Å². The maximum atomic E-state index is 13.1. The Morgan fingerprint density at radius 1 is 1.39 bits per heavy atom. The first-order valence-electron chi connectivity index (χ1n) is 5.25. The number of aromatic nitrogens is 1. The summed E-state index contributed by atoms with van der Waals surface area (Å²) in [5, 5.41) is 2.70. The molecule has 0 radical (unpaired) electrons. The van der Waals surface area contributed by atoms with Crippen LogP contribution in [-0.4, -0.2) is 10.9 Å². The largest absolute Gasteiger partial charge is 0.321 e. The van der Waals surface area contributed by atoms with Crippen molar-refractivity contribution in [2.45, 2.75) is 6.92 Å². The highest BCUT2D eigenvalue weighted by atomic mass is 79.9. The number of halogens is 2. The van der Waals surface area contributed by atoms with Crippen molar-refractivity contribution in [3.63, 3.8) is 0 Å². The minimum absolute atomic E-state index is 0.318. The molecule has 0 atom stereocenters. The van der Waals surface area contributed by atoms with E-state index in [0.29, 0.717) is 15.7 Å². The Morgan fingerprint density at radius 2 is 2.17 bits per heavy atom. The number of amides is 1. The second-order valence-electron chi connectivity index (χ2n) is 3.77. The van der Waals surface area contributed by atoms with Crippen LogP contribution in [0.2, 0.25) is 0 Å². The zero-order valence-corrected chi connectivity index (χ0v) is 11.2. The molecule has 2 aromatic rings. The molecule has 0 aliphatic carbocycles. The third kappa shape index (κ3) is 2.73. The first kappa shape index (κ1) is 12.7. The van der Waals surface area contributed by atoms with Crippen LogP contribution in [0, 0.1) is 12.7 Å². The summed E-state index contributed by atoms with van der Waals surface area (Å²) < 4.78 is 13.8. The number of hydrogen-bond acceptors (Lipinski definition) is 2. The van der Waals surface area contributed by atoms with Crippen LogP contribution in [-0.2, 0) is 0 Å². The topological polar surface area (TPSA) is 42.0 Å². The molecule has 0 aliphatic heterocycles. The van der Waals surface area contributed by atoms with Crippen LogP contribution in [0.1, 0.15) is 15.9 Å². The summed E-state index contributed by atoms with van der Waals surface area (Å²) >= 11 is 3.28. The minimum Gasteiger partial charge on any atom is -0.321 e. The number of nitrogens with zero attached hydrogens (tertiary/aromatic N) is 1. The lowest BCUT2D eigenvalue weighted by atomic mass is 10.1. The molecule has 3 nitrogen and oxygen atoms in total. The lowest BCUT2D eigenvalue weighted by molar-refractivity contribution is 0.102. The molecule has 0 saturated heterocycles. The van der Waals surface area contributed by atoms with Crippen molar-refractivity contribution in [1.82, 2.24) is 4.98 Å². The van der Waals surface area contributed by atoms with Crippen molar-refractivity contribution in [2.75, 3.05) is 5.32 Å². The molecule has 1 amide bonds. The van der Waals surface area contributed by atoms with Gasteiger partial charge in [0, 0.05) is 18.0 Å². The van der Waals surface area contributed by atoms with Gasteiger partial charge in [0.05, 0.1) is 10.2 Å². The van der Waals surface area contributed by atoms with Gasteiger partial charge in [-0.25, -0.2) is 4.39 Å². The summed E-state index contributed by atoms with van der Waals surface area (Å²) in [5.41, 5.74) is 1.64. The number of pyridine rings is 1. The van der Waals surface area contributed by atoms with Gasteiger partial charge in [0.25, 0.3) is 5.91 Å². The van der Waals surface area contributed by atoms with Crippen LogP contribution >= 0.6 is 15.9 Å². The van der Waals surface area contributed by atoms with Crippen molar-refractivity contribution >= 4 is 27.5 Å². The van der Waals surface area contributed by atoms with Crippen molar-refractivity contribution < 1.29 is 9.18 Å². The molecule has 0 bridgehead atoms. The highest BCUT2D eigenvalue weighted by Gasteiger charge is 2.11. The standard InChI is InChI=1S/C13H10BrFN2O/c1-8-2-3-9(15)6-10(8)13(18)17-12-4-5-16-7-11(12)14/h2-7H,1H3,(H,16,17,18). The number of anilines is 1. The van der Waals surface area contributed by atoms with Crippen LogP contribution in [0.15, 0.2) is 41.1 Å². The molecule has 5 heteroatoms. The Balaban J connectivity index is 2.28. The summed E-state index contributed by atoms with van der Waals surface area (Å²) in [4.78, 5) is 15.9. The number of rotatable bonds is 2. The van der Waals surface area contributed by atoms with E-state index in [1.807, 2.05) is 0 Å². The molecule has 1 N–H and O–H groups in total. The average molecular weight is 309 g/mol. The summed E-state index contributed by atoms with van der Waals surface area (Å²) in [6.07, 6.45) is 3.15. The van der Waals surface area contributed by atoms with E-state index in [1.165, 1.54) is 12.1 Å². The fourth-order valence-corrected chi connectivity index (χ4v) is 1.85. The molecule has 0 unspecified atom stereocenters. The predicted octanol–water partition coefficient (Wildman–Crippen LogP) is 3.54. The summed E-state index contributed by atoms with van der Waals surface area (Å²) in [5.74, 6) is -0.779. The van der Waals surface area contributed by atoms with Crippen molar-refractivity contribution in [2.24, 2.45) is 0 Å². The molecular formula is C13H10BrFN2O. The van der Waals surface area contributed by atoms with Gasteiger partial charge < -0.3 is 5.32 Å². The molecular weight excluding hydrogens is 299 g/mol. The number of carbonyl (C=O) groups excluding carboxylic acids is 1. The van der Waals surface area contributed by atoms with E-state index >= 15 is 0 Å². The van der Waals surface area contributed by atoms with Crippen LogP contribution in [0.4, 0.5) is 10.1 Å². The first-order chi connectivity index (χ1) is 8.58. The van der Waals surface area contributed by atoms with Gasteiger partial charge >= 0.3 is 0 Å². The van der Waals surface area contributed by atoms with Crippen LogP contribution < -0.4 is 5.32 Å². The van der Waals surface area contributed by atoms with Crippen LogP contribution in [0.3, 0.4) is 0 Å². The highest BCUT2D eigenvalue weighted by Crippen LogP contribution is 2.21. The predicted molar refractivity (Wildman–Crippen MR) is 71.0 cm³/mol. The van der Waals surface area contributed by atoms with Gasteiger partial charge in [0.15, 0.2) is 0 Å². The third-order valence-corrected chi connectivity index (χ3v) is 3.10. The van der Waals surface area contributed by atoms with Gasteiger partial charge in [0.2, 0.25) is 0 Å². The molecule has 0 aliphatic rings. The molecule has 1 aromatic carbocycles. The maximum absolute atomic E-state index is 13.1. The van der Waals surface area contributed by atoms with E-state index in [0.717, 1.165) is 5.56 Å². The molecule has 1 heterocycles. The summed E-state index contributed by atoms with van der Waals surface area (Å²) in [6.45, 7) is 1.76. The van der Waals surface area contributed by atoms with Crippen molar-refractivity contribution in [3.8, 4) is 0 Å². The lowest BCUT2D eigenvalue weighted by Gasteiger charge is -2.08. The van der Waals surface area contributed by atoms with Gasteiger partial charge in [-0.15, -0.1) is 0 Å². The van der Waals surface area contributed by atoms with Crippen molar-refractivity contribution in [3.05, 3.63) is 58.1 Å². The van der Waals surface area contributed by atoms with E-state index in [-0.39, 0.29) is 5.91 Å².